The van der Waals surface area contributed by atoms with Crippen molar-refractivity contribution in [2.75, 3.05) is 6.54 Å². The zero-order chi connectivity index (χ0) is 23.5. The summed E-state index contributed by atoms with van der Waals surface area (Å²) >= 11 is 6.22. The van der Waals surface area contributed by atoms with Crippen LogP contribution in [0.25, 0.3) is 10.9 Å². The molecule has 1 unspecified atom stereocenters. The summed E-state index contributed by atoms with van der Waals surface area (Å²) in [6.45, 7) is 6.57. The molecule has 0 bridgehead atoms. The minimum atomic E-state index is -1.14. The van der Waals surface area contributed by atoms with Crippen LogP contribution in [-0.2, 0) is 9.59 Å². The smallest absolute Gasteiger partial charge is 0.238 e. The number of aromatic amines is 1. The first-order valence-corrected chi connectivity index (χ1v) is 11.1. The zero-order valence-electron chi connectivity index (χ0n) is 18.5. The molecule has 1 fully saturated rings. The number of rotatable bonds is 8. The molecule has 0 aliphatic carbocycles. The van der Waals surface area contributed by atoms with Crippen molar-refractivity contribution in [1.29, 1.82) is 5.26 Å². The van der Waals surface area contributed by atoms with Gasteiger partial charge in [-0.2, -0.15) is 5.26 Å². The van der Waals surface area contributed by atoms with Crippen LogP contribution in [0.4, 0.5) is 0 Å². The van der Waals surface area contributed by atoms with Crippen LogP contribution in [0.15, 0.2) is 24.3 Å². The maximum absolute atomic E-state index is 13.1. The summed E-state index contributed by atoms with van der Waals surface area (Å²) in [4.78, 5) is 28.0. The summed E-state index contributed by atoms with van der Waals surface area (Å²) in [6.07, 6.45) is 0.203. The lowest BCUT2D eigenvalue weighted by molar-refractivity contribution is -0.126. The number of fused-ring (bicyclic) bond motifs is 1. The quantitative estimate of drug-likeness (QED) is 0.387. The number of aliphatic hydroxyl groups is 1. The monoisotopic (exact) mass is 459 g/mol. The lowest BCUT2D eigenvalue weighted by Crippen LogP contribution is -2.50. The van der Waals surface area contributed by atoms with Crippen LogP contribution >= 0.6 is 11.6 Å². The Balaban J connectivity index is 1.72. The Morgan fingerprint density at radius 1 is 1.41 bits per heavy atom. The molecule has 32 heavy (non-hydrogen) atoms. The number of hydrogen-bond acceptors (Lipinski definition) is 5. The third kappa shape index (κ3) is 6.00. The number of carbonyl (C=O) groups excluding carboxylic acids is 2. The molecule has 1 aliphatic rings. The van der Waals surface area contributed by atoms with E-state index in [0.717, 1.165) is 5.39 Å². The molecular formula is C23H30ClN5O3. The predicted molar refractivity (Wildman–Crippen MR) is 123 cm³/mol. The van der Waals surface area contributed by atoms with E-state index in [1.165, 1.54) is 0 Å². The number of halogens is 1. The Bertz CT molecular complexity index is 1020. The van der Waals surface area contributed by atoms with Crippen LogP contribution in [-0.4, -0.2) is 40.5 Å². The second-order valence-corrected chi connectivity index (χ2v) is 9.93. The molecule has 9 heteroatoms. The highest BCUT2D eigenvalue weighted by Gasteiger charge is 2.32. The second kappa shape index (κ2) is 9.90. The third-order valence-electron chi connectivity index (χ3n) is 5.57. The van der Waals surface area contributed by atoms with Gasteiger partial charge in [0.2, 0.25) is 11.8 Å². The fourth-order valence-electron chi connectivity index (χ4n) is 3.98. The highest BCUT2D eigenvalue weighted by Crippen LogP contribution is 2.27. The van der Waals surface area contributed by atoms with Crippen LogP contribution in [0.3, 0.4) is 0 Å². The number of benzene rings is 1. The molecule has 4 atom stereocenters. The average molecular weight is 460 g/mol. The molecule has 2 aromatic rings. The fraction of sp³-hybridized carbons (Fsp3) is 0.522. The van der Waals surface area contributed by atoms with E-state index in [0.29, 0.717) is 35.6 Å². The third-order valence-corrected chi connectivity index (χ3v) is 5.88. The van der Waals surface area contributed by atoms with E-state index >= 15 is 0 Å². The molecule has 1 aromatic carbocycles. The minimum absolute atomic E-state index is 0.0863. The van der Waals surface area contributed by atoms with Gasteiger partial charge < -0.3 is 20.7 Å². The Morgan fingerprint density at radius 2 is 2.16 bits per heavy atom. The molecule has 3 rings (SSSR count). The summed E-state index contributed by atoms with van der Waals surface area (Å²) in [5.74, 6) is -0.759. The Hall–Kier alpha value is -2.60. The average Bonchev–Trinajstić information content (AvgIpc) is 3.33. The van der Waals surface area contributed by atoms with Crippen molar-refractivity contribution < 1.29 is 14.7 Å². The van der Waals surface area contributed by atoms with Crippen molar-refractivity contribution in [2.24, 2.45) is 11.3 Å². The molecule has 5 N–H and O–H groups in total. The van der Waals surface area contributed by atoms with Gasteiger partial charge in [-0.15, -0.1) is 0 Å². The number of aliphatic hydroxyl groups excluding tert-OH is 1. The molecular weight excluding hydrogens is 430 g/mol. The number of H-pyrrole nitrogens is 1. The standard InChI is InChI=1S/C23H30ClN5O3/c1-23(2,3)11-18(22(32)27-15(12-25)9-14-7-8-26-20(14)30)29-21(31)17-10-13-5-4-6-16(24)19(13)28-17/h4-6,10,14-15,18,21,28-29,31H,7-9,11H2,1-3H3,(H,26,30)(H,27,32)/t14-,15-,18-,21?/m0/s1. The molecule has 2 amide bonds. The van der Waals surface area contributed by atoms with Gasteiger partial charge >= 0.3 is 0 Å². The van der Waals surface area contributed by atoms with Crippen molar-refractivity contribution in [1.82, 2.24) is 20.9 Å². The number of para-hydroxylation sites is 1. The van der Waals surface area contributed by atoms with Gasteiger partial charge in [0.25, 0.3) is 0 Å². The molecule has 8 nitrogen and oxygen atoms in total. The SMILES string of the molecule is CC(C)(C)C[C@H](NC(O)c1cc2cccc(Cl)c2[nH]1)C(=O)N[C@H](C#N)C[C@@H]1CCNC1=O. The lowest BCUT2D eigenvalue weighted by atomic mass is 9.87. The van der Waals surface area contributed by atoms with Gasteiger partial charge in [0, 0.05) is 17.8 Å². The first-order valence-electron chi connectivity index (χ1n) is 10.8. The lowest BCUT2D eigenvalue weighted by Gasteiger charge is -2.29. The molecule has 1 aliphatic heterocycles. The maximum atomic E-state index is 13.1. The molecule has 1 aromatic heterocycles. The summed E-state index contributed by atoms with van der Waals surface area (Å²) in [7, 11) is 0. The summed E-state index contributed by atoms with van der Waals surface area (Å²) in [6, 6.07) is 7.79. The van der Waals surface area contributed by atoms with Crippen LogP contribution in [0, 0.1) is 22.7 Å². The topological polar surface area (TPSA) is 130 Å². The van der Waals surface area contributed by atoms with Gasteiger partial charge in [-0.1, -0.05) is 44.5 Å². The maximum Gasteiger partial charge on any atom is 0.238 e. The van der Waals surface area contributed by atoms with Gasteiger partial charge in [-0.3, -0.25) is 14.9 Å². The van der Waals surface area contributed by atoms with Gasteiger partial charge in [-0.05, 0) is 36.8 Å². The highest BCUT2D eigenvalue weighted by molar-refractivity contribution is 6.35. The van der Waals surface area contributed by atoms with Gasteiger partial charge in [0.1, 0.15) is 12.3 Å². The number of amides is 2. The molecule has 0 saturated carbocycles. The molecule has 1 saturated heterocycles. The van der Waals surface area contributed by atoms with E-state index in [2.05, 4.69) is 27.0 Å². The van der Waals surface area contributed by atoms with E-state index < -0.39 is 24.2 Å². The summed E-state index contributed by atoms with van der Waals surface area (Å²) < 4.78 is 0. The zero-order valence-corrected chi connectivity index (χ0v) is 19.3. The largest absolute Gasteiger partial charge is 0.373 e. The number of nitrogens with zero attached hydrogens (tertiary/aromatic N) is 1. The van der Waals surface area contributed by atoms with Gasteiger partial charge in [0.15, 0.2) is 0 Å². The molecule has 172 valence electrons. The fourth-order valence-corrected chi connectivity index (χ4v) is 4.21. The first-order chi connectivity index (χ1) is 15.1. The minimum Gasteiger partial charge on any atom is -0.373 e. The van der Waals surface area contributed by atoms with Crippen LogP contribution < -0.4 is 16.0 Å². The van der Waals surface area contributed by atoms with Crippen molar-refractivity contribution >= 4 is 34.3 Å². The van der Waals surface area contributed by atoms with Crippen molar-refractivity contribution in [2.45, 2.75) is 58.3 Å². The first kappa shape index (κ1) is 24.1. The van der Waals surface area contributed by atoms with Crippen molar-refractivity contribution in [3.05, 3.63) is 35.0 Å². The van der Waals surface area contributed by atoms with E-state index in [-0.39, 0.29) is 23.7 Å². The van der Waals surface area contributed by atoms with E-state index in [9.17, 15) is 20.0 Å². The number of carbonyl (C=O) groups is 2. The van der Waals surface area contributed by atoms with E-state index in [4.69, 9.17) is 11.6 Å². The number of aromatic nitrogens is 1. The summed E-state index contributed by atoms with van der Waals surface area (Å²) in [5.41, 5.74) is 0.979. The number of hydrogen-bond donors (Lipinski definition) is 5. The van der Waals surface area contributed by atoms with Gasteiger partial charge in [0.05, 0.1) is 28.3 Å². The Labute approximate surface area is 192 Å². The van der Waals surface area contributed by atoms with Crippen molar-refractivity contribution in [3.63, 3.8) is 0 Å². The van der Waals surface area contributed by atoms with E-state index in [1.54, 1.807) is 12.1 Å². The Morgan fingerprint density at radius 3 is 2.75 bits per heavy atom. The second-order valence-electron chi connectivity index (χ2n) is 9.52. The number of nitrogens with one attached hydrogen (secondary N) is 4. The van der Waals surface area contributed by atoms with Crippen LogP contribution in [0.1, 0.15) is 52.0 Å². The molecule has 0 spiro atoms. The Kier molecular flexibility index (Phi) is 7.44. The van der Waals surface area contributed by atoms with Crippen LogP contribution in [0.5, 0.6) is 0 Å². The summed E-state index contributed by atoms with van der Waals surface area (Å²) in [5, 5.41) is 30.2. The highest BCUT2D eigenvalue weighted by atomic mass is 35.5. The normalized spacial score (nSPS) is 19.2. The van der Waals surface area contributed by atoms with Crippen molar-refractivity contribution in [3.8, 4) is 6.07 Å². The number of nitriles is 1. The van der Waals surface area contributed by atoms with Crippen LogP contribution in [0.2, 0.25) is 5.02 Å². The van der Waals surface area contributed by atoms with Gasteiger partial charge in [-0.25, -0.2) is 0 Å². The molecule has 2 heterocycles. The molecule has 0 radical (unpaired) electrons. The van der Waals surface area contributed by atoms with E-state index in [1.807, 2.05) is 32.9 Å². The predicted octanol–water partition coefficient (Wildman–Crippen LogP) is 2.74.